The summed E-state index contributed by atoms with van der Waals surface area (Å²) in [6, 6.07) is 73.2. The van der Waals surface area contributed by atoms with Gasteiger partial charge in [-0.3, -0.25) is 0 Å². The van der Waals surface area contributed by atoms with Crippen LogP contribution >= 0.6 is 23.2 Å². The highest BCUT2D eigenvalue weighted by Crippen LogP contribution is 2.57. The average Bonchev–Trinajstić information content (AvgIpc) is 3.59. The zero-order valence-corrected chi connectivity index (χ0v) is 42.0. The molecule has 2 aliphatic rings. The Morgan fingerprint density at radius 3 is 1.26 bits per heavy atom. The average molecular weight is 1010 g/mol. The first-order valence-corrected chi connectivity index (χ1v) is 25.2. The Morgan fingerprint density at radius 2 is 0.851 bits per heavy atom. The summed E-state index contributed by atoms with van der Waals surface area (Å²) in [7, 11) is 1.25. The van der Waals surface area contributed by atoms with Gasteiger partial charge in [0.2, 0.25) is 0 Å². The first kappa shape index (κ1) is 48.3. The van der Waals surface area contributed by atoms with Gasteiger partial charge in [-0.2, -0.15) is 0 Å². The number of benzene rings is 10. The predicted octanol–water partition coefficient (Wildman–Crippen LogP) is 14.7. The van der Waals surface area contributed by atoms with Gasteiger partial charge in [0, 0.05) is 53.8 Å². The second-order valence-electron chi connectivity index (χ2n) is 17.7. The lowest BCUT2D eigenvalue weighted by Crippen LogP contribution is -2.68. The van der Waals surface area contributed by atoms with Gasteiger partial charge in [-0.25, -0.2) is 4.98 Å². The predicted molar refractivity (Wildman–Crippen MR) is 303 cm³/mol. The van der Waals surface area contributed by atoms with E-state index in [1.165, 1.54) is 5.69 Å². The number of anilines is 1. The fourth-order valence-corrected chi connectivity index (χ4v) is 9.59. The van der Waals surface area contributed by atoms with Crippen LogP contribution in [0.5, 0.6) is 23.0 Å². The molecule has 0 atom stereocenters. The molecule has 1 spiro atoms. The van der Waals surface area contributed by atoms with E-state index in [2.05, 4.69) is 119 Å². The van der Waals surface area contributed by atoms with Gasteiger partial charge in [0.15, 0.2) is 12.4 Å². The van der Waals surface area contributed by atoms with Crippen molar-refractivity contribution in [1.82, 2.24) is 0 Å². The number of rotatable bonds is 7. The van der Waals surface area contributed by atoms with Crippen LogP contribution in [0.3, 0.4) is 0 Å². The van der Waals surface area contributed by atoms with Gasteiger partial charge < -0.3 is 37.2 Å². The molecule has 1 fully saturated rings. The van der Waals surface area contributed by atoms with E-state index in [9.17, 15) is 0 Å². The van der Waals surface area contributed by atoms with Crippen molar-refractivity contribution < 1.29 is 37.3 Å². The van der Waals surface area contributed by atoms with Crippen LogP contribution in [-0.2, 0) is 13.7 Å². The molecule has 10 aromatic carbocycles. The maximum absolute atomic E-state index is 7.50. The monoisotopic (exact) mass is 1010 g/mol. The summed E-state index contributed by atoms with van der Waals surface area (Å²) in [4.78, 5) is 5.02. The number of aromatic nitrogens is 1. The maximum atomic E-state index is 7.50. The molecular formula is C60H47B3Cl2N2O7. The number of alkyl halides is 2. The third-order valence-electron chi connectivity index (χ3n) is 12.9. The summed E-state index contributed by atoms with van der Waals surface area (Å²) in [6.45, 7) is -3.36. The number of hydrogen-bond acceptors (Lipinski definition) is 8. The number of aromatic amines is 1. The molecule has 0 aliphatic carbocycles. The summed E-state index contributed by atoms with van der Waals surface area (Å²) in [6.07, 6.45) is 3.82. The number of fused-ring (bicyclic) bond motifs is 11. The van der Waals surface area contributed by atoms with E-state index in [0.29, 0.717) is 23.0 Å². The highest BCUT2D eigenvalue weighted by molar-refractivity contribution is 6.75. The van der Waals surface area contributed by atoms with Crippen LogP contribution < -0.4 is 28.5 Å². The molecule has 0 bridgehead atoms. The minimum absolute atomic E-state index is 0.194. The molecule has 0 amide bonds. The van der Waals surface area contributed by atoms with E-state index in [1.54, 1.807) is 0 Å². The first-order chi connectivity index (χ1) is 36.4. The molecule has 0 saturated carbocycles. The fourth-order valence-electron chi connectivity index (χ4n) is 9.59. The molecule has 13 rings (SSSR count). The van der Waals surface area contributed by atoms with Crippen LogP contribution in [0.2, 0.25) is 0 Å². The second kappa shape index (κ2) is 21.6. The summed E-state index contributed by atoms with van der Waals surface area (Å²) in [5, 5.41) is 7.92. The van der Waals surface area contributed by atoms with Crippen LogP contribution in [0, 0.1) is 0 Å². The van der Waals surface area contributed by atoms with Gasteiger partial charge in [-0.15, -0.1) is 23.2 Å². The highest BCUT2D eigenvalue weighted by atomic mass is 35.5. The normalized spacial score (nSPS) is 13.3. The fraction of sp³-hybridized carbons (Fsp3) is 0.0500. The molecule has 2 aliphatic heterocycles. The van der Waals surface area contributed by atoms with E-state index in [4.69, 9.17) is 55.5 Å². The number of para-hydroxylation sites is 2. The molecule has 362 valence electrons. The van der Waals surface area contributed by atoms with Crippen molar-refractivity contribution in [3.63, 3.8) is 0 Å². The Kier molecular flexibility index (Phi) is 14.1. The quantitative estimate of drug-likeness (QED) is 0.0887. The molecule has 74 heavy (non-hydrogen) atoms. The highest BCUT2D eigenvalue weighted by Gasteiger charge is 2.56. The number of nitrogens with zero attached hydrogens (tertiary/aromatic N) is 1. The first-order valence-electron chi connectivity index (χ1n) is 24.2. The summed E-state index contributed by atoms with van der Waals surface area (Å²) >= 11 is 9.53. The largest absolute Gasteiger partial charge is 0.662 e. The molecule has 1 saturated heterocycles. The lowest BCUT2D eigenvalue weighted by molar-refractivity contribution is -0.377. The van der Waals surface area contributed by atoms with Crippen LogP contribution in [0.25, 0.3) is 76.5 Å². The zero-order valence-electron chi connectivity index (χ0n) is 40.4. The Bertz CT molecular complexity index is 3500. The van der Waals surface area contributed by atoms with Gasteiger partial charge in [0.25, 0.3) is 0 Å². The molecule has 11 aromatic rings. The molecular weight excluding hydrogens is 964 g/mol. The standard InChI is InChI=1S/C52H34B3O7.C7H10N2.CH2Cl2/c1-5-17-35(18-6-1)45-33-39-31-29-37-21-13-15-27-43(37)47(39)51-49(45)50-46(36-19-7-2-8-20-36)34-40-32-30-38-22-14-16-28-44(38)48(40)52(50)59-55(58-51)61-53(56-41-23-9-3-10-24-41)60-54(62-55)57-42-25-11-4-12-26-42;1-9(2)7-3-5-8-6-4-7;2-1-3/h1-34H;3-6H,1-2H3;1H2/q-1;;/p+1. The van der Waals surface area contributed by atoms with E-state index < -0.39 is 21.6 Å². The van der Waals surface area contributed by atoms with E-state index in [1.807, 2.05) is 136 Å². The molecule has 1 N–H and O–H groups in total. The topological polar surface area (TPSA) is 82.0 Å². The van der Waals surface area contributed by atoms with Crippen LogP contribution in [0.15, 0.2) is 231 Å². The number of pyridine rings is 1. The van der Waals surface area contributed by atoms with Gasteiger partial charge in [0.1, 0.15) is 11.5 Å². The van der Waals surface area contributed by atoms with Crippen molar-refractivity contribution in [2.45, 2.75) is 0 Å². The third-order valence-corrected chi connectivity index (χ3v) is 12.9. The van der Waals surface area contributed by atoms with E-state index in [0.717, 1.165) is 76.5 Å². The van der Waals surface area contributed by atoms with Crippen molar-refractivity contribution in [2.24, 2.45) is 0 Å². The van der Waals surface area contributed by atoms with Gasteiger partial charge >= 0.3 is 21.6 Å². The number of halogens is 2. The van der Waals surface area contributed by atoms with Crippen molar-refractivity contribution in [1.29, 1.82) is 0 Å². The lowest BCUT2D eigenvalue weighted by atomic mass is 9.83. The Morgan fingerprint density at radius 1 is 0.473 bits per heavy atom. The summed E-state index contributed by atoms with van der Waals surface area (Å²) in [5.41, 5.74) is 6.74. The smallest absolute Gasteiger partial charge is 0.635 e. The van der Waals surface area contributed by atoms with E-state index in [-0.39, 0.29) is 5.34 Å². The van der Waals surface area contributed by atoms with Crippen LogP contribution in [0.1, 0.15) is 0 Å². The SMILES string of the molecule is CN(C)c1cc[nH+]cc1.ClCCl.c1ccc(OB2OB(Oc3ccccc3)O[B-]3(O2)Oc2c(c(-c4ccccc4)cc4ccc5ccccc5c24)-c2c(-c4ccccc4)cc4ccc5ccccc5c4c2O3)cc1. The van der Waals surface area contributed by atoms with Crippen molar-refractivity contribution >= 4 is 93.6 Å². The number of hydrogen-bond donors (Lipinski definition) is 0. The van der Waals surface area contributed by atoms with Gasteiger partial charge in [-0.05, 0) is 91.0 Å². The minimum atomic E-state index is -3.36. The zero-order chi connectivity index (χ0) is 50.4. The molecule has 0 unspecified atom stereocenters. The second-order valence-corrected chi connectivity index (χ2v) is 18.5. The lowest BCUT2D eigenvalue weighted by Gasteiger charge is -2.46. The Balaban J connectivity index is 0.000000437. The summed E-state index contributed by atoms with van der Waals surface area (Å²) in [5.74, 6) is 2.05. The maximum Gasteiger partial charge on any atom is 0.662 e. The molecule has 1 aromatic heterocycles. The Labute approximate surface area is 440 Å². The molecule has 14 heteroatoms. The molecule has 3 heterocycles. The van der Waals surface area contributed by atoms with Gasteiger partial charge in [0.05, 0.1) is 16.8 Å². The Hall–Kier alpha value is -7.96. The van der Waals surface area contributed by atoms with Crippen LogP contribution in [0.4, 0.5) is 5.69 Å². The summed E-state index contributed by atoms with van der Waals surface area (Å²) < 4.78 is 47.9. The van der Waals surface area contributed by atoms with E-state index >= 15 is 0 Å². The van der Waals surface area contributed by atoms with Crippen molar-refractivity contribution in [3.8, 4) is 56.4 Å². The third kappa shape index (κ3) is 9.94. The number of H-pyrrole nitrogens is 1. The van der Waals surface area contributed by atoms with Gasteiger partial charge in [-0.1, -0.05) is 170 Å². The minimum Gasteiger partial charge on any atom is -0.635 e. The van der Waals surface area contributed by atoms with Crippen molar-refractivity contribution in [3.05, 3.63) is 231 Å². The number of nitrogens with one attached hydrogen (secondary N) is 1. The van der Waals surface area contributed by atoms with Crippen molar-refractivity contribution in [2.75, 3.05) is 24.3 Å². The molecule has 0 radical (unpaired) electrons. The molecule has 9 nitrogen and oxygen atoms in total. The van der Waals surface area contributed by atoms with Crippen LogP contribution in [-0.4, -0.2) is 41.0 Å².